The van der Waals surface area contributed by atoms with Gasteiger partial charge in [0.15, 0.2) is 13.1 Å². The Bertz CT molecular complexity index is 882. The number of hydrogen-bond acceptors (Lipinski definition) is 1. The van der Waals surface area contributed by atoms with Gasteiger partial charge < -0.3 is 0 Å². The molecule has 0 spiro atoms. The summed E-state index contributed by atoms with van der Waals surface area (Å²) in [5, 5.41) is 0. The van der Waals surface area contributed by atoms with Gasteiger partial charge in [-0.1, -0.05) is 92.7 Å². The molecule has 0 bridgehead atoms. The fraction of sp³-hybridized carbons (Fsp3) is 0.292. The minimum absolute atomic E-state index is 0.0705. The van der Waals surface area contributed by atoms with Crippen molar-refractivity contribution in [2.24, 2.45) is 0 Å². The zero-order chi connectivity index (χ0) is 18.5. The number of allylic oxidation sites excluding steroid dienone is 4. The van der Waals surface area contributed by atoms with E-state index in [1.54, 1.807) is 0 Å². The Morgan fingerprint density at radius 3 is 2.23 bits per heavy atom. The number of fused-ring (bicyclic) bond motifs is 2. The lowest BCUT2D eigenvalue weighted by Crippen LogP contribution is -2.18. The third kappa shape index (κ3) is 2.60. The Hall–Kier alpha value is -2.35. The van der Waals surface area contributed by atoms with Gasteiger partial charge in [0.05, 0.1) is 0 Å². The number of hydrogen-bond donors (Lipinski definition) is 0. The van der Waals surface area contributed by atoms with Crippen molar-refractivity contribution in [3.8, 4) is 0 Å². The highest BCUT2D eigenvalue weighted by atomic mass is 16.1. The second-order valence-electron chi connectivity index (χ2n) is 8.66. The second kappa shape index (κ2) is 5.84. The number of carbonyl (C=O) groups excluding carboxylic acids is 1. The first-order valence-corrected chi connectivity index (χ1v) is 9.43. The molecule has 0 saturated carbocycles. The molecule has 0 saturated heterocycles. The van der Waals surface area contributed by atoms with Crippen LogP contribution in [0, 0.1) is 0 Å². The molecule has 130 valence electrons. The quantitative estimate of drug-likeness (QED) is 0.598. The summed E-state index contributed by atoms with van der Waals surface area (Å²) in [4.78, 5) is 12.9. The van der Waals surface area contributed by atoms with Crippen molar-refractivity contribution in [3.63, 3.8) is 0 Å². The average molecular weight is 340 g/mol. The zero-order valence-electron chi connectivity index (χ0n) is 16.1. The minimum Gasteiger partial charge on any atom is -0.290 e. The van der Waals surface area contributed by atoms with Crippen LogP contribution in [0.25, 0.3) is 0 Å². The highest BCUT2D eigenvalue weighted by Crippen LogP contribution is 2.42. The summed E-state index contributed by atoms with van der Waals surface area (Å²) in [5.41, 5.74) is 7.68. The maximum atomic E-state index is 12.9. The van der Waals surface area contributed by atoms with Gasteiger partial charge in [-0.2, -0.15) is 0 Å². The van der Waals surface area contributed by atoms with Crippen molar-refractivity contribution in [1.29, 1.82) is 0 Å². The molecule has 0 aromatic heterocycles. The average Bonchev–Trinajstić information content (AvgIpc) is 2.99. The maximum Gasteiger partial charge on any atom is 0.188 e. The Morgan fingerprint density at radius 1 is 0.885 bits per heavy atom. The fourth-order valence-electron chi connectivity index (χ4n) is 4.61. The van der Waals surface area contributed by atoms with Crippen LogP contribution >= 0.6 is 0 Å². The molecule has 1 aliphatic carbocycles. The molecule has 0 atom stereocenters. The topological polar surface area (TPSA) is 17.1 Å². The van der Waals surface area contributed by atoms with Gasteiger partial charge in [-0.3, -0.25) is 4.79 Å². The van der Waals surface area contributed by atoms with E-state index in [1.165, 1.54) is 33.2 Å². The first-order chi connectivity index (χ1) is 12.3. The lowest BCUT2D eigenvalue weighted by atomic mass is 9.63. The third-order valence-corrected chi connectivity index (χ3v) is 6.38. The zero-order valence-corrected chi connectivity index (χ0v) is 16.1. The van der Waals surface area contributed by atoms with E-state index in [1.807, 2.05) is 12.2 Å². The van der Waals surface area contributed by atoms with Crippen LogP contribution in [0.3, 0.4) is 0 Å². The van der Waals surface area contributed by atoms with E-state index in [0.29, 0.717) is 0 Å². The fourth-order valence-corrected chi connectivity index (χ4v) is 4.61. The summed E-state index contributed by atoms with van der Waals surface area (Å²) < 4.78 is 0. The molecule has 1 nitrogen and oxygen atoms in total. The van der Waals surface area contributed by atoms with Crippen LogP contribution in [0.2, 0.25) is 0 Å². The first-order valence-electron chi connectivity index (χ1n) is 9.43. The van der Waals surface area contributed by atoms with Crippen molar-refractivity contribution >= 4 is 18.5 Å². The smallest absolute Gasteiger partial charge is 0.188 e. The van der Waals surface area contributed by atoms with E-state index < -0.39 is 0 Å². The molecule has 0 N–H and O–H groups in total. The molecule has 0 fully saturated rings. The molecule has 2 aliphatic rings. The molecule has 0 amide bonds. The van der Waals surface area contributed by atoms with Crippen LogP contribution in [0.5, 0.6) is 0 Å². The maximum absolute atomic E-state index is 12.9. The molecule has 4 rings (SSSR count). The van der Waals surface area contributed by atoms with Gasteiger partial charge in [-0.15, -0.1) is 0 Å². The van der Waals surface area contributed by atoms with Gasteiger partial charge in [-0.25, -0.2) is 0 Å². The van der Waals surface area contributed by atoms with Gasteiger partial charge in [0.25, 0.3) is 0 Å². The van der Waals surface area contributed by atoms with Crippen LogP contribution in [-0.4, -0.2) is 13.1 Å². The lowest BCUT2D eigenvalue weighted by Gasteiger charge is -2.23. The van der Waals surface area contributed by atoms with Crippen LogP contribution in [0.1, 0.15) is 44.4 Å². The van der Waals surface area contributed by atoms with Gasteiger partial charge in [0.2, 0.25) is 0 Å². The molecule has 26 heavy (non-hydrogen) atoms. The van der Waals surface area contributed by atoms with Gasteiger partial charge in [0.1, 0.15) is 0 Å². The predicted molar refractivity (Wildman–Crippen MR) is 111 cm³/mol. The van der Waals surface area contributed by atoms with E-state index in [-0.39, 0.29) is 16.6 Å². The number of benzene rings is 2. The highest BCUT2D eigenvalue weighted by Gasteiger charge is 2.36. The van der Waals surface area contributed by atoms with Crippen LogP contribution in [0.4, 0.5) is 0 Å². The Labute approximate surface area is 157 Å². The van der Waals surface area contributed by atoms with Gasteiger partial charge in [-0.05, 0) is 35.3 Å². The standard InChI is InChI=1S/C24H25BO/c1-23(2)17(13-16-9-5-6-10-19(16)23)14-18(26)15-22-24(3,4)20-11-7-8-12-21(20)25-22/h5-12,14-15,25H,13H2,1-4H3/b17-14-,22-15+. The third-order valence-electron chi connectivity index (χ3n) is 6.38. The Balaban J connectivity index is 1.65. The molecule has 2 heteroatoms. The first kappa shape index (κ1) is 17.1. The summed E-state index contributed by atoms with van der Waals surface area (Å²) in [7, 11) is 0.877. The van der Waals surface area contributed by atoms with E-state index in [0.717, 1.165) is 13.7 Å². The number of ketones is 1. The van der Waals surface area contributed by atoms with E-state index in [4.69, 9.17) is 0 Å². The van der Waals surface area contributed by atoms with Crippen molar-refractivity contribution < 1.29 is 4.79 Å². The van der Waals surface area contributed by atoms with Crippen LogP contribution < -0.4 is 5.46 Å². The summed E-state index contributed by atoms with van der Waals surface area (Å²) in [5.74, 6) is 0.122. The molecule has 1 aliphatic heterocycles. The van der Waals surface area contributed by atoms with E-state index >= 15 is 0 Å². The summed E-state index contributed by atoms with van der Waals surface area (Å²) in [6, 6.07) is 17.1. The van der Waals surface area contributed by atoms with Gasteiger partial charge >= 0.3 is 0 Å². The number of rotatable bonds is 2. The Morgan fingerprint density at radius 2 is 1.54 bits per heavy atom. The SMILES string of the molecule is CC1(C)/C(=C\C(=O)/C=C2/Cc3ccccc3C2(C)C)Bc2ccccc21. The normalized spacial score (nSPS) is 22.2. The summed E-state index contributed by atoms with van der Waals surface area (Å²) >= 11 is 0. The predicted octanol–water partition coefficient (Wildman–Crippen LogP) is 3.95. The molecule has 0 unspecified atom stereocenters. The summed E-state index contributed by atoms with van der Waals surface area (Å²) in [6.07, 6.45) is 4.64. The van der Waals surface area contributed by atoms with Gasteiger partial charge in [0, 0.05) is 10.8 Å². The van der Waals surface area contributed by atoms with Crippen LogP contribution in [0.15, 0.2) is 71.7 Å². The largest absolute Gasteiger partial charge is 0.290 e. The van der Waals surface area contributed by atoms with E-state index in [9.17, 15) is 4.79 Å². The van der Waals surface area contributed by atoms with Crippen LogP contribution in [-0.2, 0) is 22.0 Å². The highest BCUT2D eigenvalue weighted by molar-refractivity contribution is 6.64. The summed E-state index contributed by atoms with van der Waals surface area (Å²) in [6.45, 7) is 8.89. The second-order valence-corrected chi connectivity index (χ2v) is 8.66. The van der Waals surface area contributed by atoms with Crippen molar-refractivity contribution in [3.05, 3.63) is 88.4 Å². The van der Waals surface area contributed by atoms with Crippen molar-refractivity contribution in [1.82, 2.24) is 0 Å². The lowest BCUT2D eigenvalue weighted by molar-refractivity contribution is -0.110. The number of carbonyl (C=O) groups is 1. The Kier molecular flexibility index (Phi) is 3.84. The molecule has 0 radical (unpaired) electrons. The van der Waals surface area contributed by atoms with Crippen molar-refractivity contribution in [2.45, 2.75) is 44.9 Å². The molecule has 1 heterocycles. The molecular weight excluding hydrogens is 315 g/mol. The molecule has 2 aromatic rings. The monoisotopic (exact) mass is 340 g/mol. The van der Waals surface area contributed by atoms with Crippen molar-refractivity contribution in [2.75, 3.05) is 0 Å². The van der Waals surface area contributed by atoms with E-state index in [2.05, 4.69) is 76.2 Å². The minimum atomic E-state index is -0.0705. The molecular formula is C24H25BO. The molecule has 2 aromatic carbocycles.